The van der Waals surface area contributed by atoms with E-state index in [1.165, 1.54) is 11.8 Å². The first-order chi connectivity index (χ1) is 12.0. The summed E-state index contributed by atoms with van der Waals surface area (Å²) in [7, 11) is 1.88. The lowest BCUT2D eigenvalue weighted by Crippen LogP contribution is -2.22. The van der Waals surface area contributed by atoms with Crippen LogP contribution in [-0.4, -0.2) is 25.9 Å². The number of hydrogen-bond donors (Lipinski definition) is 1. The molecule has 0 aliphatic carbocycles. The van der Waals surface area contributed by atoms with Crippen LogP contribution in [0.5, 0.6) is 0 Å². The quantitative estimate of drug-likeness (QED) is 0.704. The second-order valence-electron chi connectivity index (χ2n) is 5.87. The summed E-state index contributed by atoms with van der Waals surface area (Å²) in [5.74, 6) is 1.44. The van der Waals surface area contributed by atoms with Crippen LogP contribution in [0.25, 0.3) is 11.4 Å². The molecule has 3 rings (SSSR count). The van der Waals surface area contributed by atoms with Gasteiger partial charge in [-0.3, -0.25) is 4.79 Å². The van der Waals surface area contributed by atoms with E-state index >= 15 is 0 Å². The predicted octanol–water partition coefficient (Wildman–Crippen LogP) is 3.81. The van der Waals surface area contributed by atoms with Crippen LogP contribution >= 0.6 is 11.8 Å². The molecule has 2 aromatic heterocycles. The number of nitrogens with one attached hydrogen (secondary N) is 1. The van der Waals surface area contributed by atoms with Gasteiger partial charge in [-0.25, -0.2) is 0 Å². The number of carbonyl (C=O) groups is 1. The van der Waals surface area contributed by atoms with E-state index in [1.54, 1.807) is 6.26 Å². The van der Waals surface area contributed by atoms with Crippen LogP contribution in [0.3, 0.4) is 0 Å². The SMILES string of the molecule is Cc1cccc(NC(=O)C(C)Sc2nnc(-c3ccoc3C)n2C)c1. The lowest BCUT2D eigenvalue weighted by Gasteiger charge is -2.12. The Morgan fingerprint density at radius 2 is 2.08 bits per heavy atom. The van der Waals surface area contributed by atoms with Crippen LogP contribution in [0.15, 0.2) is 46.2 Å². The number of thioether (sulfide) groups is 1. The van der Waals surface area contributed by atoms with Crippen molar-refractivity contribution in [3.05, 3.63) is 47.9 Å². The van der Waals surface area contributed by atoms with Crippen molar-refractivity contribution < 1.29 is 9.21 Å². The third-order valence-electron chi connectivity index (χ3n) is 3.87. The Hall–Kier alpha value is -2.54. The number of rotatable bonds is 5. The summed E-state index contributed by atoms with van der Waals surface area (Å²) < 4.78 is 7.20. The monoisotopic (exact) mass is 356 g/mol. The van der Waals surface area contributed by atoms with Crippen molar-refractivity contribution >= 4 is 23.4 Å². The normalized spacial score (nSPS) is 12.2. The van der Waals surface area contributed by atoms with Crippen LogP contribution in [0, 0.1) is 13.8 Å². The molecule has 6 nitrogen and oxygen atoms in total. The minimum atomic E-state index is -0.304. The maximum Gasteiger partial charge on any atom is 0.237 e. The number of furan rings is 1. The van der Waals surface area contributed by atoms with E-state index in [9.17, 15) is 4.79 Å². The number of hydrogen-bond acceptors (Lipinski definition) is 5. The smallest absolute Gasteiger partial charge is 0.237 e. The van der Waals surface area contributed by atoms with Gasteiger partial charge in [-0.1, -0.05) is 23.9 Å². The molecule has 0 fully saturated rings. The largest absolute Gasteiger partial charge is 0.469 e. The van der Waals surface area contributed by atoms with Crippen LogP contribution in [0.1, 0.15) is 18.2 Å². The molecule has 0 radical (unpaired) electrons. The van der Waals surface area contributed by atoms with E-state index in [0.717, 1.165) is 28.4 Å². The Kier molecular flexibility index (Phi) is 4.94. The van der Waals surface area contributed by atoms with E-state index < -0.39 is 0 Å². The molecule has 0 spiro atoms. The minimum absolute atomic E-state index is 0.0698. The predicted molar refractivity (Wildman–Crippen MR) is 98.6 cm³/mol. The van der Waals surface area contributed by atoms with Crippen LogP contribution < -0.4 is 5.32 Å². The summed E-state index contributed by atoms with van der Waals surface area (Å²) in [5, 5.41) is 11.8. The molecule has 130 valence electrons. The summed E-state index contributed by atoms with van der Waals surface area (Å²) in [6, 6.07) is 9.60. The van der Waals surface area contributed by atoms with Gasteiger partial charge in [-0.05, 0) is 44.5 Å². The van der Waals surface area contributed by atoms with Gasteiger partial charge in [0.05, 0.1) is 17.1 Å². The zero-order chi connectivity index (χ0) is 18.0. The molecule has 1 aromatic carbocycles. The molecule has 1 atom stereocenters. The molecule has 3 aromatic rings. The number of nitrogens with zero attached hydrogens (tertiary/aromatic N) is 3. The van der Waals surface area contributed by atoms with Gasteiger partial charge in [0, 0.05) is 12.7 Å². The first-order valence-corrected chi connectivity index (χ1v) is 8.81. The standard InChI is InChI=1S/C18H20N4O2S/c1-11-6-5-7-14(10-11)19-17(23)13(3)25-18-21-20-16(22(18)4)15-8-9-24-12(15)2/h5-10,13H,1-4H3,(H,19,23). The van der Waals surface area contributed by atoms with Crippen molar-refractivity contribution in [3.63, 3.8) is 0 Å². The highest BCUT2D eigenvalue weighted by atomic mass is 32.2. The Morgan fingerprint density at radius 1 is 1.28 bits per heavy atom. The summed E-state index contributed by atoms with van der Waals surface area (Å²) in [5.41, 5.74) is 2.80. The molecule has 0 aliphatic heterocycles. The fraction of sp³-hybridized carbons (Fsp3) is 0.278. The lowest BCUT2D eigenvalue weighted by molar-refractivity contribution is -0.115. The fourth-order valence-electron chi connectivity index (χ4n) is 2.45. The molecule has 2 heterocycles. The number of aryl methyl sites for hydroxylation is 2. The number of amides is 1. The van der Waals surface area contributed by atoms with E-state index in [1.807, 2.05) is 62.7 Å². The molecular weight excluding hydrogens is 336 g/mol. The van der Waals surface area contributed by atoms with Gasteiger partial charge in [0.2, 0.25) is 5.91 Å². The van der Waals surface area contributed by atoms with Gasteiger partial charge in [0.1, 0.15) is 5.76 Å². The summed E-state index contributed by atoms with van der Waals surface area (Å²) in [4.78, 5) is 12.4. The van der Waals surface area contributed by atoms with E-state index in [0.29, 0.717) is 5.16 Å². The first kappa shape index (κ1) is 17.3. The van der Waals surface area contributed by atoms with Gasteiger partial charge in [0.25, 0.3) is 0 Å². The van der Waals surface area contributed by atoms with Gasteiger partial charge in [-0.15, -0.1) is 10.2 Å². The van der Waals surface area contributed by atoms with E-state index in [2.05, 4.69) is 15.5 Å². The topological polar surface area (TPSA) is 73.0 Å². The zero-order valence-electron chi connectivity index (χ0n) is 14.6. The van der Waals surface area contributed by atoms with Crippen LogP contribution in [-0.2, 0) is 11.8 Å². The first-order valence-electron chi connectivity index (χ1n) is 7.93. The summed E-state index contributed by atoms with van der Waals surface area (Å²) in [6.45, 7) is 5.73. The molecule has 1 amide bonds. The molecule has 0 bridgehead atoms. The van der Waals surface area contributed by atoms with Crippen molar-refractivity contribution in [2.24, 2.45) is 7.05 Å². The third-order valence-corrected chi connectivity index (χ3v) is 5.01. The van der Waals surface area contributed by atoms with Crippen molar-refractivity contribution in [2.45, 2.75) is 31.2 Å². The second-order valence-corrected chi connectivity index (χ2v) is 7.18. The number of aromatic nitrogens is 3. The molecule has 0 saturated carbocycles. The zero-order valence-corrected chi connectivity index (χ0v) is 15.4. The molecule has 0 aliphatic rings. The molecule has 1 unspecified atom stereocenters. The molecular formula is C18H20N4O2S. The molecule has 25 heavy (non-hydrogen) atoms. The third kappa shape index (κ3) is 3.76. The van der Waals surface area contributed by atoms with E-state index in [-0.39, 0.29) is 11.2 Å². The van der Waals surface area contributed by atoms with Gasteiger partial charge in [-0.2, -0.15) is 0 Å². The van der Waals surface area contributed by atoms with Crippen LogP contribution in [0.2, 0.25) is 0 Å². The van der Waals surface area contributed by atoms with Gasteiger partial charge < -0.3 is 14.3 Å². The minimum Gasteiger partial charge on any atom is -0.469 e. The maximum absolute atomic E-state index is 12.4. The van der Waals surface area contributed by atoms with Crippen molar-refractivity contribution in [1.82, 2.24) is 14.8 Å². The summed E-state index contributed by atoms with van der Waals surface area (Å²) >= 11 is 1.37. The highest BCUT2D eigenvalue weighted by Gasteiger charge is 2.20. The van der Waals surface area contributed by atoms with Crippen molar-refractivity contribution in [3.8, 4) is 11.4 Å². The maximum atomic E-state index is 12.4. The average molecular weight is 356 g/mol. The van der Waals surface area contributed by atoms with E-state index in [4.69, 9.17) is 4.42 Å². The lowest BCUT2D eigenvalue weighted by atomic mass is 10.2. The average Bonchev–Trinajstić information content (AvgIpc) is 3.13. The molecule has 0 saturated heterocycles. The Labute approximate surface area is 150 Å². The second kappa shape index (κ2) is 7.14. The number of benzene rings is 1. The van der Waals surface area contributed by atoms with Gasteiger partial charge in [0.15, 0.2) is 11.0 Å². The van der Waals surface area contributed by atoms with Crippen LogP contribution in [0.4, 0.5) is 5.69 Å². The highest BCUT2D eigenvalue weighted by Crippen LogP contribution is 2.28. The Balaban J connectivity index is 1.71. The number of carbonyl (C=O) groups excluding carboxylic acids is 1. The van der Waals surface area contributed by atoms with Crippen molar-refractivity contribution in [1.29, 1.82) is 0 Å². The Morgan fingerprint density at radius 3 is 2.76 bits per heavy atom. The molecule has 7 heteroatoms. The Bertz CT molecular complexity index is 900. The van der Waals surface area contributed by atoms with Crippen molar-refractivity contribution in [2.75, 3.05) is 5.32 Å². The summed E-state index contributed by atoms with van der Waals surface area (Å²) in [6.07, 6.45) is 1.63. The van der Waals surface area contributed by atoms with Gasteiger partial charge >= 0.3 is 0 Å². The fourth-order valence-corrected chi connectivity index (χ4v) is 3.26. The number of anilines is 1. The highest BCUT2D eigenvalue weighted by molar-refractivity contribution is 8.00. The molecule has 1 N–H and O–H groups in total.